The van der Waals surface area contributed by atoms with Crippen LogP contribution in [0.5, 0.6) is 0 Å². The molecule has 0 aliphatic carbocycles. The standard InChI is InChI=1S/C11H14BrN3O/c1-15-10-7-8(12)3-4-9(10)14-11(15)13-5-6-16-2/h3-4,7H,5-6H2,1-2H3,(H,13,14). The van der Waals surface area contributed by atoms with Crippen molar-refractivity contribution in [1.82, 2.24) is 9.55 Å². The number of anilines is 1. The van der Waals surface area contributed by atoms with Gasteiger partial charge < -0.3 is 14.6 Å². The molecule has 0 aliphatic rings. The Morgan fingerprint density at radius 1 is 1.50 bits per heavy atom. The molecule has 0 aliphatic heterocycles. The number of nitrogens with zero attached hydrogens (tertiary/aromatic N) is 2. The van der Waals surface area contributed by atoms with E-state index in [9.17, 15) is 0 Å². The van der Waals surface area contributed by atoms with Crippen LogP contribution in [0.25, 0.3) is 11.0 Å². The third-order valence-electron chi connectivity index (χ3n) is 2.43. The van der Waals surface area contributed by atoms with Gasteiger partial charge in [-0.25, -0.2) is 4.98 Å². The van der Waals surface area contributed by atoms with Crippen LogP contribution in [0.3, 0.4) is 0 Å². The first kappa shape index (κ1) is 11.4. The summed E-state index contributed by atoms with van der Waals surface area (Å²) in [4.78, 5) is 4.50. The zero-order chi connectivity index (χ0) is 11.5. The number of imidazole rings is 1. The number of fused-ring (bicyclic) bond motifs is 1. The summed E-state index contributed by atoms with van der Waals surface area (Å²) < 4.78 is 8.09. The number of hydrogen-bond donors (Lipinski definition) is 1. The number of methoxy groups -OCH3 is 1. The quantitative estimate of drug-likeness (QED) is 0.876. The molecule has 0 amide bonds. The van der Waals surface area contributed by atoms with Gasteiger partial charge >= 0.3 is 0 Å². The molecule has 1 aromatic heterocycles. The maximum absolute atomic E-state index is 4.99. The lowest BCUT2D eigenvalue weighted by Gasteiger charge is -2.04. The van der Waals surface area contributed by atoms with Gasteiger partial charge in [0.2, 0.25) is 5.95 Å². The Hall–Kier alpha value is -1.07. The summed E-state index contributed by atoms with van der Waals surface area (Å²) in [6.07, 6.45) is 0. The Kier molecular flexibility index (Phi) is 3.46. The number of aromatic nitrogens is 2. The Morgan fingerprint density at radius 3 is 3.06 bits per heavy atom. The van der Waals surface area contributed by atoms with Gasteiger partial charge in [-0.3, -0.25) is 0 Å². The molecule has 0 saturated carbocycles. The van der Waals surface area contributed by atoms with Gasteiger partial charge in [-0.1, -0.05) is 15.9 Å². The number of rotatable bonds is 4. The van der Waals surface area contributed by atoms with Gasteiger partial charge in [-0.15, -0.1) is 0 Å². The van der Waals surface area contributed by atoms with E-state index in [0.717, 1.165) is 28.0 Å². The van der Waals surface area contributed by atoms with Crippen molar-refractivity contribution in [2.24, 2.45) is 7.05 Å². The Bertz CT molecular complexity index is 495. The highest BCUT2D eigenvalue weighted by Crippen LogP contribution is 2.21. The third kappa shape index (κ3) is 2.20. The first-order chi connectivity index (χ1) is 7.72. The summed E-state index contributed by atoms with van der Waals surface area (Å²) in [5.41, 5.74) is 2.10. The van der Waals surface area contributed by atoms with Gasteiger partial charge in [0.15, 0.2) is 0 Å². The van der Waals surface area contributed by atoms with Crippen LogP contribution in [0.1, 0.15) is 0 Å². The molecule has 16 heavy (non-hydrogen) atoms. The number of ether oxygens (including phenoxy) is 1. The minimum absolute atomic E-state index is 0.674. The van der Waals surface area contributed by atoms with Crippen LogP contribution in [-0.4, -0.2) is 29.8 Å². The summed E-state index contributed by atoms with van der Waals surface area (Å²) in [5, 5.41) is 3.23. The van der Waals surface area contributed by atoms with Gasteiger partial charge in [0.25, 0.3) is 0 Å². The number of aryl methyl sites for hydroxylation is 1. The highest BCUT2D eigenvalue weighted by molar-refractivity contribution is 9.10. The van der Waals surface area contributed by atoms with Gasteiger partial charge in [-0.2, -0.15) is 0 Å². The minimum Gasteiger partial charge on any atom is -0.383 e. The van der Waals surface area contributed by atoms with Crippen LogP contribution in [0.15, 0.2) is 22.7 Å². The zero-order valence-corrected chi connectivity index (χ0v) is 10.9. The van der Waals surface area contributed by atoms with Crippen LogP contribution < -0.4 is 5.32 Å². The Morgan fingerprint density at radius 2 is 2.31 bits per heavy atom. The van der Waals surface area contributed by atoms with Gasteiger partial charge in [-0.05, 0) is 18.2 Å². The zero-order valence-electron chi connectivity index (χ0n) is 9.33. The topological polar surface area (TPSA) is 39.1 Å². The van der Waals surface area contributed by atoms with Crippen molar-refractivity contribution < 1.29 is 4.74 Å². The normalized spacial score (nSPS) is 10.9. The molecule has 5 heteroatoms. The molecule has 0 bridgehead atoms. The van der Waals surface area contributed by atoms with Crippen molar-refractivity contribution in [2.75, 3.05) is 25.6 Å². The van der Waals surface area contributed by atoms with E-state index >= 15 is 0 Å². The summed E-state index contributed by atoms with van der Waals surface area (Å²) >= 11 is 3.46. The molecular formula is C11H14BrN3O. The second-order valence-corrected chi connectivity index (χ2v) is 4.46. The van der Waals surface area contributed by atoms with E-state index in [0.29, 0.717) is 6.61 Å². The average molecular weight is 284 g/mol. The van der Waals surface area contributed by atoms with Crippen molar-refractivity contribution >= 4 is 32.9 Å². The van der Waals surface area contributed by atoms with E-state index < -0.39 is 0 Å². The Balaban J connectivity index is 2.29. The highest BCUT2D eigenvalue weighted by Gasteiger charge is 2.06. The van der Waals surface area contributed by atoms with Crippen LogP contribution >= 0.6 is 15.9 Å². The van der Waals surface area contributed by atoms with Crippen molar-refractivity contribution in [1.29, 1.82) is 0 Å². The van der Waals surface area contributed by atoms with E-state index in [1.54, 1.807) is 7.11 Å². The first-order valence-corrected chi connectivity index (χ1v) is 5.86. The largest absolute Gasteiger partial charge is 0.383 e. The minimum atomic E-state index is 0.674. The fourth-order valence-corrected chi connectivity index (χ4v) is 1.93. The molecule has 4 nitrogen and oxygen atoms in total. The Labute approximate surface area is 103 Å². The molecule has 1 aromatic carbocycles. The van der Waals surface area contributed by atoms with Crippen molar-refractivity contribution in [3.8, 4) is 0 Å². The molecule has 0 spiro atoms. The smallest absolute Gasteiger partial charge is 0.203 e. The van der Waals surface area contributed by atoms with E-state index in [1.807, 2.05) is 23.7 Å². The van der Waals surface area contributed by atoms with Crippen LogP contribution in [0.4, 0.5) is 5.95 Å². The molecule has 1 heterocycles. The number of halogens is 1. The van der Waals surface area contributed by atoms with Crippen LogP contribution in [0.2, 0.25) is 0 Å². The third-order valence-corrected chi connectivity index (χ3v) is 2.93. The van der Waals surface area contributed by atoms with Gasteiger partial charge in [0.05, 0.1) is 17.6 Å². The number of hydrogen-bond acceptors (Lipinski definition) is 3. The predicted molar refractivity (Wildman–Crippen MR) is 68.8 cm³/mol. The second kappa shape index (κ2) is 4.84. The molecule has 0 radical (unpaired) electrons. The van der Waals surface area contributed by atoms with Gasteiger partial charge in [0.1, 0.15) is 0 Å². The summed E-state index contributed by atoms with van der Waals surface area (Å²) in [5.74, 6) is 0.866. The average Bonchev–Trinajstić information content (AvgIpc) is 2.57. The highest BCUT2D eigenvalue weighted by atomic mass is 79.9. The maximum atomic E-state index is 4.99. The van der Waals surface area contributed by atoms with Crippen molar-refractivity contribution in [3.05, 3.63) is 22.7 Å². The SMILES string of the molecule is COCCNc1nc2ccc(Br)cc2n1C. The molecule has 86 valence electrons. The lowest BCUT2D eigenvalue weighted by Crippen LogP contribution is -2.10. The predicted octanol–water partition coefficient (Wildman–Crippen LogP) is 2.39. The fourth-order valence-electron chi connectivity index (χ4n) is 1.59. The van der Waals surface area contributed by atoms with E-state index in [1.165, 1.54) is 0 Å². The molecule has 2 rings (SSSR count). The van der Waals surface area contributed by atoms with E-state index in [4.69, 9.17) is 4.74 Å². The lowest BCUT2D eigenvalue weighted by atomic mass is 10.3. The summed E-state index contributed by atoms with van der Waals surface area (Å²) in [7, 11) is 3.69. The molecule has 0 unspecified atom stereocenters. The molecule has 0 atom stereocenters. The maximum Gasteiger partial charge on any atom is 0.203 e. The molecule has 1 N–H and O–H groups in total. The van der Waals surface area contributed by atoms with Crippen molar-refractivity contribution in [2.45, 2.75) is 0 Å². The van der Waals surface area contributed by atoms with E-state index in [2.05, 4.69) is 32.3 Å². The lowest BCUT2D eigenvalue weighted by molar-refractivity contribution is 0.210. The molecular weight excluding hydrogens is 270 g/mol. The molecule has 0 saturated heterocycles. The van der Waals surface area contributed by atoms with Crippen LogP contribution in [0, 0.1) is 0 Å². The number of nitrogens with one attached hydrogen (secondary N) is 1. The van der Waals surface area contributed by atoms with E-state index in [-0.39, 0.29) is 0 Å². The summed E-state index contributed by atoms with van der Waals surface area (Å²) in [6, 6.07) is 6.05. The van der Waals surface area contributed by atoms with Crippen LogP contribution in [-0.2, 0) is 11.8 Å². The second-order valence-electron chi connectivity index (χ2n) is 3.55. The number of benzene rings is 1. The molecule has 0 fully saturated rings. The van der Waals surface area contributed by atoms with Gasteiger partial charge in [0, 0.05) is 25.2 Å². The fraction of sp³-hybridized carbons (Fsp3) is 0.364. The monoisotopic (exact) mass is 283 g/mol. The summed E-state index contributed by atoms with van der Waals surface area (Å²) in [6.45, 7) is 1.43. The van der Waals surface area contributed by atoms with Crippen molar-refractivity contribution in [3.63, 3.8) is 0 Å². The molecule has 2 aromatic rings. The first-order valence-electron chi connectivity index (χ1n) is 5.07.